The molecule has 2 aliphatic rings. The van der Waals surface area contributed by atoms with Crippen LogP contribution in [0.15, 0.2) is 41.5 Å². The van der Waals surface area contributed by atoms with Crippen LogP contribution in [-0.4, -0.2) is 53.0 Å². The predicted molar refractivity (Wildman–Crippen MR) is 117 cm³/mol. The van der Waals surface area contributed by atoms with E-state index in [1.165, 1.54) is 6.20 Å². The van der Waals surface area contributed by atoms with Gasteiger partial charge in [0.25, 0.3) is 0 Å². The van der Waals surface area contributed by atoms with Crippen molar-refractivity contribution in [3.8, 4) is 0 Å². The second-order valence-electron chi connectivity index (χ2n) is 7.02. The molecule has 0 bridgehead atoms. The predicted octanol–water partition coefficient (Wildman–Crippen LogP) is -0.169. The molecular weight excluding hydrogens is 537 g/mol. The summed E-state index contributed by atoms with van der Waals surface area (Å²) in [6, 6.07) is 0. The Morgan fingerprint density at radius 2 is 1.86 bits per heavy atom. The second kappa shape index (κ2) is 10.6. The van der Waals surface area contributed by atoms with Gasteiger partial charge in [-0.15, -0.1) is 0 Å². The summed E-state index contributed by atoms with van der Waals surface area (Å²) in [5, 5.41) is 13.2. The van der Waals surface area contributed by atoms with Crippen molar-refractivity contribution in [2.45, 2.75) is 24.9 Å². The zero-order valence-electron chi connectivity index (χ0n) is 17.4. The number of rotatable bonds is 9. The van der Waals surface area contributed by atoms with Gasteiger partial charge in [0, 0.05) is 18.8 Å². The number of nitrogen functional groups attached to an aromatic ring is 1. The van der Waals surface area contributed by atoms with Gasteiger partial charge in [0.15, 0.2) is 0 Å². The van der Waals surface area contributed by atoms with Crippen LogP contribution in [0.2, 0.25) is 0 Å². The molecule has 1 saturated heterocycles. The normalized spacial score (nSPS) is 25.9. The minimum absolute atomic E-state index is 0.0727. The summed E-state index contributed by atoms with van der Waals surface area (Å²) in [6.07, 6.45) is 5.91. The van der Waals surface area contributed by atoms with Crippen molar-refractivity contribution >= 4 is 35.0 Å². The maximum atomic E-state index is 12.4. The Balaban J connectivity index is 1.71. The SMILES string of the molecule is Nc1nc(=O)n([C@H]2C[C@H](O)[C@@H](COP(=O)(O)OP(=O)(O)OP(=O)(O)O)O2)cc1C1=CC=CC=CN1. The lowest BCUT2D eigenvalue weighted by Gasteiger charge is -2.20. The van der Waals surface area contributed by atoms with E-state index >= 15 is 0 Å². The minimum Gasteiger partial charge on any atom is -0.390 e. The van der Waals surface area contributed by atoms with Gasteiger partial charge in [-0.3, -0.25) is 9.09 Å². The number of ether oxygens (including phenoxy) is 1. The first-order chi connectivity index (χ1) is 16.2. The van der Waals surface area contributed by atoms with Crippen LogP contribution in [-0.2, 0) is 31.6 Å². The number of allylic oxidation sites excluding steroid dienone is 4. The summed E-state index contributed by atoms with van der Waals surface area (Å²) >= 11 is 0. The number of aromatic nitrogens is 2. The Kier molecular flexibility index (Phi) is 8.34. The van der Waals surface area contributed by atoms with Crippen LogP contribution in [0.3, 0.4) is 0 Å². The summed E-state index contributed by atoms with van der Waals surface area (Å²) in [4.78, 5) is 52.0. The summed E-state index contributed by atoms with van der Waals surface area (Å²) in [7, 11) is -16.7. The number of phosphoric ester groups is 1. The van der Waals surface area contributed by atoms with E-state index in [9.17, 15) is 33.4 Å². The van der Waals surface area contributed by atoms with Gasteiger partial charge in [0.2, 0.25) is 0 Å². The lowest BCUT2D eigenvalue weighted by Crippen LogP contribution is -2.29. The first kappa shape index (κ1) is 27.6. The highest BCUT2D eigenvalue weighted by Crippen LogP contribution is 2.66. The van der Waals surface area contributed by atoms with Gasteiger partial charge in [0.1, 0.15) is 18.1 Å². The zero-order chi connectivity index (χ0) is 26.0. The molecule has 0 radical (unpaired) electrons. The molecule has 0 amide bonds. The van der Waals surface area contributed by atoms with Gasteiger partial charge in [-0.25, -0.2) is 18.5 Å². The van der Waals surface area contributed by atoms with Crippen molar-refractivity contribution in [1.82, 2.24) is 14.9 Å². The highest BCUT2D eigenvalue weighted by molar-refractivity contribution is 7.66. The molecule has 1 aromatic rings. The van der Waals surface area contributed by atoms with Crippen molar-refractivity contribution in [2.24, 2.45) is 0 Å². The van der Waals surface area contributed by atoms with Crippen molar-refractivity contribution in [3.05, 3.63) is 52.7 Å². The lowest BCUT2D eigenvalue weighted by molar-refractivity contribution is -0.0449. The summed E-state index contributed by atoms with van der Waals surface area (Å²) in [5.74, 6) is -0.0727. The third kappa shape index (κ3) is 7.75. The van der Waals surface area contributed by atoms with Gasteiger partial charge in [-0.1, -0.05) is 12.2 Å². The van der Waals surface area contributed by atoms with Crippen LogP contribution >= 0.6 is 23.5 Å². The maximum absolute atomic E-state index is 12.4. The topological polar surface area (TPSA) is 262 Å². The standard InChI is InChI=1S/C15H21N4O13P3/c16-14-9(10-4-2-1-3-5-17-10)7-19(15(21)18-14)13-6-11(20)12(30-13)8-29-34(25,26)32-35(27,28)31-33(22,23)24/h1-5,7,11-13,17,20H,6,8H2,(H,25,26)(H,27,28)(H2,16,18,21)(H2,22,23,24)/t11-,12+,13+/m0/s1. The molecule has 5 atom stereocenters. The average molecular weight is 558 g/mol. The quantitative estimate of drug-likeness (QED) is 0.194. The Hall–Kier alpha value is -1.97. The zero-order valence-corrected chi connectivity index (χ0v) is 20.1. The first-order valence-electron chi connectivity index (χ1n) is 9.47. The molecule has 0 saturated carbocycles. The van der Waals surface area contributed by atoms with E-state index < -0.39 is 54.2 Å². The third-order valence-electron chi connectivity index (χ3n) is 4.42. The summed E-state index contributed by atoms with van der Waals surface area (Å²) < 4.78 is 52.2. The molecule has 1 aromatic heterocycles. The number of phosphoric acid groups is 3. The molecule has 0 aromatic carbocycles. The molecule has 3 heterocycles. The molecule has 2 aliphatic heterocycles. The highest BCUT2D eigenvalue weighted by Gasteiger charge is 2.43. The number of nitrogens with one attached hydrogen (secondary N) is 1. The first-order valence-corrected chi connectivity index (χ1v) is 14.0. The Labute approximate surface area is 196 Å². The Morgan fingerprint density at radius 3 is 2.54 bits per heavy atom. The minimum atomic E-state index is -5.70. The lowest BCUT2D eigenvalue weighted by atomic mass is 10.2. The molecule has 17 nitrogen and oxygen atoms in total. The van der Waals surface area contributed by atoms with Crippen molar-refractivity contribution in [3.63, 3.8) is 0 Å². The van der Waals surface area contributed by atoms with E-state index in [1.807, 2.05) is 0 Å². The van der Waals surface area contributed by atoms with E-state index in [-0.39, 0.29) is 12.2 Å². The highest BCUT2D eigenvalue weighted by atomic mass is 31.3. The van der Waals surface area contributed by atoms with Crippen LogP contribution < -0.4 is 16.7 Å². The summed E-state index contributed by atoms with van der Waals surface area (Å²) in [6.45, 7) is -0.881. The van der Waals surface area contributed by atoms with Gasteiger partial charge in [-0.05, 0) is 12.2 Å². The van der Waals surface area contributed by atoms with Gasteiger partial charge < -0.3 is 40.5 Å². The van der Waals surface area contributed by atoms with Crippen LogP contribution in [0.5, 0.6) is 0 Å². The molecule has 35 heavy (non-hydrogen) atoms. The van der Waals surface area contributed by atoms with Crippen LogP contribution in [0, 0.1) is 0 Å². The van der Waals surface area contributed by atoms with Gasteiger partial charge in [0.05, 0.1) is 24.0 Å². The smallest absolute Gasteiger partial charge is 0.390 e. The largest absolute Gasteiger partial charge is 0.490 e. The van der Waals surface area contributed by atoms with Crippen molar-refractivity contribution in [1.29, 1.82) is 0 Å². The Bertz CT molecular complexity index is 1250. The van der Waals surface area contributed by atoms with E-state index in [0.29, 0.717) is 11.3 Å². The van der Waals surface area contributed by atoms with E-state index in [1.54, 1.807) is 30.5 Å². The fraction of sp³-hybridized carbons (Fsp3) is 0.333. The van der Waals surface area contributed by atoms with E-state index in [0.717, 1.165) is 4.57 Å². The van der Waals surface area contributed by atoms with Gasteiger partial charge >= 0.3 is 29.2 Å². The maximum Gasteiger partial charge on any atom is 0.490 e. The molecule has 0 aliphatic carbocycles. The number of aliphatic hydroxyl groups is 1. The number of nitrogens with two attached hydrogens (primary N) is 1. The van der Waals surface area contributed by atoms with Gasteiger partial charge in [-0.2, -0.15) is 13.6 Å². The molecular formula is C15H21N4O13P3. The van der Waals surface area contributed by atoms with Crippen LogP contribution in [0.25, 0.3) is 5.70 Å². The number of aliphatic hydroxyl groups excluding tert-OH is 1. The van der Waals surface area contributed by atoms with Crippen LogP contribution in [0.1, 0.15) is 18.2 Å². The second-order valence-corrected chi connectivity index (χ2v) is 11.4. The fourth-order valence-corrected chi connectivity index (χ4v) is 6.06. The third-order valence-corrected chi connectivity index (χ3v) is 8.23. The fourth-order valence-electron chi connectivity index (χ4n) is 3.03. The average Bonchev–Trinajstić information content (AvgIpc) is 2.88. The Morgan fingerprint density at radius 1 is 1.14 bits per heavy atom. The molecule has 8 N–H and O–H groups in total. The summed E-state index contributed by atoms with van der Waals surface area (Å²) in [5.41, 5.74) is 5.92. The van der Waals surface area contributed by atoms with Crippen molar-refractivity contribution < 1.29 is 56.3 Å². The van der Waals surface area contributed by atoms with E-state index in [2.05, 4.69) is 23.4 Å². The van der Waals surface area contributed by atoms with Crippen molar-refractivity contribution in [2.75, 3.05) is 12.3 Å². The monoisotopic (exact) mass is 558 g/mol. The number of anilines is 1. The molecule has 1 fully saturated rings. The molecule has 194 valence electrons. The number of hydrogen-bond donors (Lipinski definition) is 7. The van der Waals surface area contributed by atoms with Crippen LogP contribution in [0.4, 0.5) is 5.82 Å². The van der Waals surface area contributed by atoms with E-state index in [4.69, 9.17) is 20.3 Å². The number of hydrogen-bond acceptors (Lipinski definition) is 12. The molecule has 2 unspecified atom stereocenters. The number of nitrogens with zero attached hydrogens (tertiary/aromatic N) is 2. The molecule has 0 spiro atoms. The molecule has 3 rings (SSSR count). The molecule has 20 heteroatoms.